The fraction of sp³-hybridized carbons (Fsp3) is 0.500. The van der Waals surface area contributed by atoms with Crippen LogP contribution in [0.25, 0.3) is 0 Å². The van der Waals surface area contributed by atoms with E-state index in [0.29, 0.717) is 6.04 Å². The van der Waals surface area contributed by atoms with E-state index >= 15 is 0 Å². The van der Waals surface area contributed by atoms with Gasteiger partial charge in [0.25, 0.3) is 0 Å². The molecular weight excluding hydrogens is 172 g/mol. The maximum atomic E-state index is 5.92. The van der Waals surface area contributed by atoms with Crippen molar-refractivity contribution >= 4 is 11.4 Å². The molecule has 1 aromatic rings. The van der Waals surface area contributed by atoms with Crippen molar-refractivity contribution in [2.45, 2.75) is 33.2 Å². The van der Waals surface area contributed by atoms with Gasteiger partial charge < -0.3 is 10.6 Å². The third-order valence-corrected chi connectivity index (χ3v) is 3.28. The van der Waals surface area contributed by atoms with Gasteiger partial charge in [0.2, 0.25) is 0 Å². The summed E-state index contributed by atoms with van der Waals surface area (Å²) in [4.78, 5) is 2.45. The molecule has 2 rings (SSSR count). The molecule has 0 saturated carbocycles. The van der Waals surface area contributed by atoms with Crippen molar-refractivity contribution in [1.29, 1.82) is 0 Å². The first-order valence-electron chi connectivity index (χ1n) is 5.23. The van der Waals surface area contributed by atoms with Gasteiger partial charge in [-0.15, -0.1) is 0 Å². The lowest BCUT2D eigenvalue weighted by molar-refractivity contribution is 0.479. The smallest absolute Gasteiger partial charge is 0.0448 e. The van der Waals surface area contributed by atoms with Gasteiger partial charge in [-0.1, -0.05) is 6.07 Å². The fourth-order valence-electron chi connectivity index (χ4n) is 2.14. The molecule has 1 aliphatic heterocycles. The van der Waals surface area contributed by atoms with Crippen LogP contribution in [0.1, 0.15) is 24.5 Å². The Labute approximate surface area is 85.7 Å². The van der Waals surface area contributed by atoms with Gasteiger partial charge in [-0.2, -0.15) is 0 Å². The maximum absolute atomic E-state index is 5.92. The molecule has 1 aromatic carbocycles. The predicted molar refractivity (Wildman–Crippen MR) is 61.8 cm³/mol. The van der Waals surface area contributed by atoms with Crippen LogP contribution < -0.4 is 10.6 Å². The third-order valence-electron chi connectivity index (χ3n) is 3.28. The number of nitrogens with two attached hydrogens (primary N) is 1. The zero-order chi connectivity index (χ0) is 10.3. The Balaban J connectivity index is 2.45. The molecule has 1 heterocycles. The van der Waals surface area contributed by atoms with Crippen LogP contribution in [0.2, 0.25) is 0 Å². The van der Waals surface area contributed by atoms with Gasteiger partial charge in [-0.3, -0.25) is 0 Å². The van der Waals surface area contributed by atoms with Gasteiger partial charge in [0, 0.05) is 24.0 Å². The number of hydrogen-bond acceptors (Lipinski definition) is 2. The Kier molecular flexibility index (Phi) is 2.14. The molecule has 0 spiro atoms. The van der Waals surface area contributed by atoms with Crippen LogP contribution in [0.15, 0.2) is 12.1 Å². The minimum Gasteiger partial charge on any atom is -0.398 e. The van der Waals surface area contributed by atoms with Crippen LogP contribution in [-0.2, 0) is 0 Å². The first kappa shape index (κ1) is 9.38. The average molecular weight is 190 g/mol. The zero-order valence-corrected chi connectivity index (χ0v) is 9.17. The van der Waals surface area contributed by atoms with Gasteiger partial charge >= 0.3 is 0 Å². The first-order valence-corrected chi connectivity index (χ1v) is 5.23. The minimum absolute atomic E-state index is 0.675. The number of aryl methyl sites for hydroxylation is 1. The SMILES string of the molecule is Cc1ccc(N)c(C)c1N1CCC1C. The standard InChI is InChI=1S/C12H18N2/c1-8-4-5-11(13)10(3)12(8)14-7-6-9(14)2/h4-5,9H,6-7,13H2,1-3H3. The normalized spacial score (nSPS) is 20.8. The Morgan fingerprint density at radius 1 is 1.36 bits per heavy atom. The summed E-state index contributed by atoms with van der Waals surface area (Å²) >= 11 is 0. The molecule has 1 atom stereocenters. The second kappa shape index (κ2) is 3.19. The molecule has 2 heteroatoms. The highest BCUT2D eigenvalue weighted by atomic mass is 15.2. The highest BCUT2D eigenvalue weighted by Crippen LogP contribution is 2.34. The summed E-state index contributed by atoms with van der Waals surface area (Å²) in [6.07, 6.45) is 1.30. The van der Waals surface area contributed by atoms with Gasteiger partial charge in [0.1, 0.15) is 0 Å². The Hall–Kier alpha value is -1.18. The lowest BCUT2D eigenvalue weighted by Crippen LogP contribution is -2.46. The largest absolute Gasteiger partial charge is 0.398 e. The quantitative estimate of drug-likeness (QED) is 0.689. The number of hydrogen-bond donors (Lipinski definition) is 1. The van der Waals surface area contributed by atoms with Crippen molar-refractivity contribution in [3.8, 4) is 0 Å². The van der Waals surface area contributed by atoms with E-state index in [-0.39, 0.29) is 0 Å². The molecule has 1 saturated heterocycles. The van der Waals surface area contributed by atoms with E-state index < -0.39 is 0 Å². The third kappa shape index (κ3) is 1.26. The molecule has 76 valence electrons. The lowest BCUT2D eigenvalue weighted by atomic mass is 9.98. The highest BCUT2D eigenvalue weighted by molar-refractivity contribution is 5.69. The topological polar surface area (TPSA) is 29.3 Å². The van der Waals surface area contributed by atoms with Crippen molar-refractivity contribution < 1.29 is 0 Å². The summed E-state index contributed by atoms with van der Waals surface area (Å²) in [5, 5.41) is 0. The van der Waals surface area contributed by atoms with Crippen molar-refractivity contribution in [3.63, 3.8) is 0 Å². The number of rotatable bonds is 1. The van der Waals surface area contributed by atoms with Crippen molar-refractivity contribution in [2.75, 3.05) is 17.2 Å². The molecule has 14 heavy (non-hydrogen) atoms. The minimum atomic E-state index is 0.675. The summed E-state index contributed by atoms with van der Waals surface area (Å²) in [6, 6.07) is 4.79. The second-order valence-corrected chi connectivity index (χ2v) is 4.28. The molecule has 2 nitrogen and oxygen atoms in total. The number of benzene rings is 1. The molecule has 0 aromatic heterocycles. The molecular formula is C12H18N2. The van der Waals surface area contributed by atoms with Gasteiger partial charge in [-0.25, -0.2) is 0 Å². The van der Waals surface area contributed by atoms with Crippen LogP contribution in [-0.4, -0.2) is 12.6 Å². The molecule has 0 bridgehead atoms. The lowest BCUT2D eigenvalue weighted by Gasteiger charge is -2.42. The Morgan fingerprint density at radius 3 is 2.57 bits per heavy atom. The van der Waals surface area contributed by atoms with Crippen molar-refractivity contribution in [3.05, 3.63) is 23.3 Å². The monoisotopic (exact) mass is 190 g/mol. The van der Waals surface area contributed by atoms with E-state index in [1.807, 2.05) is 6.07 Å². The van der Waals surface area contributed by atoms with E-state index in [9.17, 15) is 0 Å². The summed E-state index contributed by atoms with van der Waals surface area (Å²) in [7, 11) is 0. The molecule has 0 amide bonds. The van der Waals surface area contributed by atoms with Crippen LogP contribution in [0.3, 0.4) is 0 Å². The highest BCUT2D eigenvalue weighted by Gasteiger charge is 2.26. The summed E-state index contributed by atoms with van der Waals surface area (Å²) in [5.41, 5.74) is 10.8. The number of nitrogen functional groups attached to an aromatic ring is 1. The molecule has 2 N–H and O–H groups in total. The van der Waals surface area contributed by atoms with Crippen LogP contribution in [0.4, 0.5) is 11.4 Å². The van der Waals surface area contributed by atoms with Crippen LogP contribution >= 0.6 is 0 Å². The first-order chi connectivity index (χ1) is 6.61. The number of anilines is 2. The van der Waals surface area contributed by atoms with E-state index in [2.05, 4.69) is 31.7 Å². The van der Waals surface area contributed by atoms with E-state index in [4.69, 9.17) is 5.73 Å². The molecule has 1 unspecified atom stereocenters. The molecule has 0 radical (unpaired) electrons. The van der Waals surface area contributed by atoms with Gasteiger partial charge in [0.15, 0.2) is 0 Å². The Morgan fingerprint density at radius 2 is 2.07 bits per heavy atom. The van der Waals surface area contributed by atoms with Crippen LogP contribution in [0, 0.1) is 13.8 Å². The second-order valence-electron chi connectivity index (χ2n) is 4.28. The van der Waals surface area contributed by atoms with Gasteiger partial charge in [0.05, 0.1) is 0 Å². The molecule has 0 aliphatic carbocycles. The summed E-state index contributed by atoms with van der Waals surface area (Å²) < 4.78 is 0. The van der Waals surface area contributed by atoms with E-state index in [1.54, 1.807) is 0 Å². The molecule has 1 aliphatic rings. The van der Waals surface area contributed by atoms with Crippen LogP contribution in [0.5, 0.6) is 0 Å². The average Bonchev–Trinajstić information content (AvgIpc) is 2.16. The van der Waals surface area contributed by atoms with Gasteiger partial charge in [-0.05, 0) is 44.4 Å². The van der Waals surface area contributed by atoms with E-state index in [1.165, 1.54) is 29.8 Å². The summed E-state index contributed by atoms with van der Waals surface area (Å²) in [6.45, 7) is 7.72. The van der Waals surface area contributed by atoms with E-state index in [0.717, 1.165) is 5.69 Å². The maximum Gasteiger partial charge on any atom is 0.0448 e. The number of nitrogens with zero attached hydrogens (tertiary/aromatic N) is 1. The zero-order valence-electron chi connectivity index (χ0n) is 9.17. The Bertz CT molecular complexity index is 358. The summed E-state index contributed by atoms with van der Waals surface area (Å²) in [5.74, 6) is 0. The predicted octanol–water partition coefficient (Wildman–Crippen LogP) is 2.48. The van der Waals surface area contributed by atoms with Crippen molar-refractivity contribution in [2.24, 2.45) is 0 Å². The van der Waals surface area contributed by atoms with Crippen molar-refractivity contribution in [1.82, 2.24) is 0 Å². The molecule has 1 fully saturated rings. The fourth-order valence-corrected chi connectivity index (χ4v) is 2.14.